The van der Waals surface area contributed by atoms with Crippen LogP contribution in [0.3, 0.4) is 0 Å². The molecule has 1 aliphatic rings. The van der Waals surface area contributed by atoms with Gasteiger partial charge in [0.05, 0.1) is 12.0 Å². The zero-order valence-corrected chi connectivity index (χ0v) is 11.4. The van der Waals surface area contributed by atoms with E-state index < -0.39 is 6.10 Å². The fourth-order valence-corrected chi connectivity index (χ4v) is 2.71. The van der Waals surface area contributed by atoms with Gasteiger partial charge in [0.2, 0.25) is 5.91 Å². The minimum atomic E-state index is -0.454. The van der Waals surface area contributed by atoms with Crippen molar-refractivity contribution in [2.45, 2.75) is 32.3 Å². The van der Waals surface area contributed by atoms with E-state index in [0.717, 1.165) is 30.6 Å². The summed E-state index contributed by atoms with van der Waals surface area (Å²) in [6.07, 6.45) is 2.06. The molecule has 0 radical (unpaired) electrons. The van der Waals surface area contributed by atoms with Gasteiger partial charge in [-0.2, -0.15) is 0 Å². The third kappa shape index (κ3) is 3.07. The highest BCUT2D eigenvalue weighted by atomic mass is 16.3. The number of rotatable bonds is 4. The van der Waals surface area contributed by atoms with Gasteiger partial charge in [-0.1, -0.05) is 25.1 Å². The Morgan fingerprint density at radius 3 is 2.95 bits per heavy atom. The fraction of sp³-hybridized carbons (Fsp3) is 0.533. The molecule has 0 aliphatic carbocycles. The number of hydrogen-bond acceptors (Lipinski definition) is 3. The SMILES string of the molecule is CCC(O)c1ccccc1N1CCCC(C(N)=O)C1. The second-order valence-electron chi connectivity index (χ2n) is 5.17. The van der Waals surface area contributed by atoms with Crippen molar-refractivity contribution in [3.05, 3.63) is 29.8 Å². The van der Waals surface area contributed by atoms with Crippen molar-refractivity contribution in [2.24, 2.45) is 11.7 Å². The van der Waals surface area contributed by atoms with Gasteiger partial charge in [-0.25, -0.2) is 0 Å². The molecule has 0 bridgehead atoms. The molecule has 0 saturated carbocycles. The molecule has 19 heavy (non-hydrogen) atoms. The molecule has 1 aromatic rings. The summed E-state index contributed by atoms with van der Waals surface area (Å²) in [5.41, 5.74) is 7.39. The Morgan fingerprint density at radius 2 is 2.26 bits per heavy atom. The molecule has 2 atom stereocenters. The Balaban J connectivity index is 2.23. The number of carbonyl (C=O) groups is 1. The summed E-state index contributed by atoms with van der Waals surface area (Å²) in [6, 6.07) is 7.87. The quantitative estimate of drug-likeness (QED) is 0.870. The Labute approximate surface area is 114 Å². The Bertz CT molecular complexity index is 448. The lowest BCUT2D eigenvalue weighted by atomic mass is 9.95. The first-order chi connectivity index (χ1) is 9.13. The maximum atomic E-state index is 11.4. The van der Waals surface area contributed by atoms with Crippen LogP contribution in [0.25, 0.3) is 0 Å². The first-order valence-electron chi connectivity index (χ1n) is 6.94. The number of anilines is 1. The van der Waals surface area contributed by atoms with Gasteiger partial charge in [0, 0.05) is 24.3 Å². The first-order valence-corrected chi connectivity index (χ1v) is 6.94. The summed E-state index contributed by atoms with van der Waals surface area (Å²) in [5, 5.41) is 10.1. The van der Waals surface area contributed by atoms with Crippen molar-refractivity contribution < 1.29 is 9.90 Å². The monoisotopic (exact) mass is 262 g/mol. The van der Waals surface area contributed by atoms with Crippen LogP contribution < -0.4 is 10.6 Å². The van der Waals surface area contributed by atoms with Crippen molar-refractivity contribution in [3.8, 4) is 0 Å². The molecular formula is C15H22N2O2. The molecular weight excluding hydrogens is 240 g/mol. The maximum Gasteiger partial charge on any atom is 0.222 e. The largest absolute Gasteiger partial charge is 0.388 e. The lowest BCUT2D eigenvalue weighted by Gasteiger charge is -2.34. The third-order valence-electron chi connectivity index (χ3n) is 3.85. The summed E-state index contributed by atoms with van der Waals surface area (Å²) in [4.78, 5) is 13.5. The molecule has 0 aromatic heterocycles. The van der Waals surface area contributed by atoms with Gasteiger partial charge in [0.1, 0.15) is 0 Å². The van der Waals surface area contributed by atoms with Gasteiger partial charge in [-0.15, -0.1) is 0 Å². The third-order valence-corrected chi connectivity index (χ3v) is 3.85. The van der Waals surface area contributed by atoms with Crippen LogP contribution in [0.2, 0.25) is 0 Å². The van der Waals surface area contributed by atoms with E-state index in [2.05, 4.69) is 4.90 Å². The smallest absolute Gasteiger partial charge is 0.222 e. The molecule has 1 aliphatic heterocycles. The van der Waals surface area contributed by atoms with Gasteiger partial charge in [-0.3, -0.25) is 4.79 Å². The molecule has 2 unspecified atom stereocenters. The number of primary amides is 1. The van der Waals surface area contributed by atoms with E-state index in [9.17, 15) is 9.90 Å². The highest BCUT2D eigenvalue weighted by molar-refractivity contribution is 5.77. The number of carbonyl (C=O) groups excluding carboxylic acids is 1. The highest BCUT2D eigenvalue weighted by Crippen LogP contribution is 2.31. The molecule has 4 nitrogen and oxygen atoms in total. The van der Waals surface area contributed by atoms with E-state index in [1.165, 1.54) is 0 Å². The van der Waals surface area contributed by atoms with E-state index in [1.807, 2.05) is 31.2 Å². The average molecular weight is 262 g/mol. The topological polar surface area (TPSA) is 66.6 Å². The number of benzene rings is 1. The van der Waals surface area contributed by atoms with E-state index >= 15 is 0 Å². The second-order valence-corrected chi connectivity index (χ2v) is 5.17. The molecule has 1 amide bonds. The number of aliphatic hydroxyl groups excluding tert-OH is 1. The number of piperidine rings is 1. The molecule has 4 heteroatoms. The van der Waals surface area contributed by atoms with Gasteiger partial charge in [0.15, 0.2) is 0 Å². The summed E-state index contributed by atoms with van der Waals surface area (Å²) in [6.45, 7) is 3.53. The van der Waals surface area contributed by atoms with Gasteiger partial charge in [0.25, 0.3) is 0 Å². The van der Waals surface area contributed by atoms with Gasteiger partial charge in [-0.05, 0) is 25.3 Å². The first kappa shape index (κ1) is 13.9. The van der Waals surface area contributed by atoms with E-state index in [1.54, 1.807) is 0 Å². The number of para-hydroxylation sites is 1. The maximum absolute atomic E-state index is 11.4. The minimum Gasteiger partial charge on any atom is -0.388 e. The summed E-state index contributed by atoms with van der Waals surface area (Å²) in [5.74, 6) is -0.307. The molecule has 104 valence electrons. The van der Waals surface area contributed by atoms with Crippen LogP contribution in [-0.2, 0) is 4.79 Å². The van der Waals surface area contributed by atoms with Crippen LogP contribution in [-0.4, -0.2) is 24.1 Å². The van der Waals surface area contributed by atoms with Gasteiger partial charge >= 0.3 is 0 Å². The molecule has 0 spiro atoms. The van der Waals surface area contributed by atoms with Crippen LogP contribution >= 0.6 is 0 Å². The summed E-state index contributed by atoms with van der Waals surface area (Å²) in [7, 11) is 0. The molecule has 1 aromatic carbocycles. The molecule has 1 heterocycles. The van der Waals surface area contributed by atoms with Crippen LogP contribution in [0.5, 0.6) is 0 Å². The highest BCUT2D eigenvalue weighted by Gasteiger charge is 2.26. The fourth-order valence-electron chi connectivity index (χ4n) is 2.71. The van der Waals surface area contributed by atoms with Crippen LogP contribution in [0.4, 0.5) is 5.69 Å². The van der Waals surface area contributed by atoms with Crippen LogP contribution in [0, 0.1) is 5.92 Å². The van der Waals surface area contributed by atoms with Crippen LogP contribution in [0.15, 0.2) is 24.3 Å². The van der Waals surface area contributed by atoms with E-state index in [4.69, 9.17) is 5.73 Å². The zero-order chi connectivity index (χ0) is 13.8. The summed E-state index contributed by atoms with van der Waals surface area (Å²) < 4.78 is 0. The zero-order valence-electron chi connectivity index (χ0n) is 11.4. The van der Waals surface area contributed by atoms with Crippen molar-refractivity contribution in [1.82, 2.24) is 0 Å². The van der Waals surface area contributed by atoms with Crippen molar-refractivity contribution in [3.63, 3.8) is 0 Å². The minimum absolute atomic E-state index is 0.0828. The van der Waals surface area contributed by atoms with E-state index in [0.29, 0.717) is 13.0 Å². The number of nitrogens with two attached hydrogens (primary N) is 1. The van der Waals surface area contributed by atoms with Crippen molar-refractivity contribution in [2.75, 3.05) is 18.0 Å². The summed E-state index contributed by atoms with van der Waals surface area (Å²) >= 11 is 0. The standard InChI is InChI=1S/C15H22N2O2/c1-2-14(18)12-7-3-4-8-13(12)17-9-5-6-11(10-17)15(16)19/h3-4,7-8,11,14,18H,2,5-6,9-10H2,1H3,(H2,16,19). The lowest BCUT2D eigenvalue weighted by molar-refractivity contribution is -0.122. The molecule has 1 saturated heterocycles. The number of hydrogen-bond donors (Lipinski definition) is 2. The number of amides is 1. The molecule has 2 rings (SSSR count). The normalized spacial score (nSPS) is 21.2. The average Bonchev–Trinajstić information content (AvgIpc) is 2.46. The predicted octanol–water partition coefficient (Wildman–Crippen LogP) is 1.83. The lowest BCUT2D eigenvalue weighted by Crippen LogP contribution is -2.41. The van der Waals surface area contributed by atoms with Crippen LogP contribution in [0.1, 0.15) is 37.9 Å². The van der Waals surface area contributed by atoms with Crippen molar-refractivity contribution in [1.29, 1.82) is 0 Å². The Morgan fingerprint density at radius 1 is 1.53 bits per heavy atom. The predicted molar refractivity (Wildman–Crippen MR) is 75.8 cm³/mol. The molecule has 3 N–H and O–H groups in total. The van der Waals surface area contributed by atoms with E-state index in [-0.39, 0.29) is 11.8 Å². The second kappa shape index (κ2) is 6.06. The van der Waals surface area contributed by atoms with Gasteiger partial charge < -0.3 is 15.7 Å². The number of aliphatic hydroxyl groups is 1. The Hall–Kier alpha value is -1.55. The number of nitrogens with zero attached hydrogens (tertiary/aromatic N) is 1. The van der Waals surface area contributed by atoms with Crippen molar-refractivity contribution >= 4 is 11.6 Å². The Kier molecular flexibility index (Phi) is 4.43. The molecule has 1 fully saturated rings.